The molecule has 1 aromatic heterocycles. The standard InChI is InChI=1S/C17H17F3N4O4/c18-17(19,20)11-4-1-5-12(7-11)24-8-13(22-23-24)15(25)21-14(16(26)27)10-3-2-6-28-9-10/h1,4-5,7-8,10,14H,2-3,6,9H2,(H,21,25)(H,26,27). The van der Waals surface area contributed by atoms with Gasteiger partial charge in [-0.3, -0.25) is 4.79 Å². The highest BCUT2D eigenvalue weighted by Crippen LogP contribution is 2.30. The number of alkyl halides is 3. The number of benzene rings is 1. The largest absolute Gasteiger partial charge is 0.480 e. The van der Waals surface area contributed by atoms with Crippen LogP contribution in [-0.4, -0.2) is 51.2 Å². The van der Waals surface area contributed by atoms with Crippen molar-refractivity contribution in [1.82, 2.24) is 20.3 Å². The minimum atomic E-state index is -4.52. The zero-order valence-corrected chi connectivity index (χ0v) is 14.5. The van der Waals surface area contributed by atoms with Crippen LogP contribution in [-0.2, 0) is 15.7 Å². The fourth-order valence-electron chi connectivity index (χ4n) is 2.94. The molecular formula is C17H17F3N4O4. The Morgan fingerprint density at radius 2 is 2.14 bits per heavy atom. The quantitative estimate of drug-likeness (QED) is 0.797. The molecule has 1 aliphatic heterocycles. The number of aromatic nitrogens is 3. The van der Waals surface area contributed by atoms with Crippen LogP contribution in [0.3, 0.4) is 0 Å². The van der Waals surface area contributed by atoms with E-state index in [-0.39, 0.29) is 23.9 Å². The molecule has 0 spiro atoms. The number of aliphatic carboxylic acids is 1. The summed E-state index contributed by atoms with van der Waals surface area (Å²) >= 11 is 0. The third kappa shape index (κ3) is 4.47. The number of halogens is 3. The average molecular weight is 398 g/mol. The summed E-state index contributed by atoms with van der Waals surface area (Å²) in [5.74, 6) is -2.36. The van der Waals surface area contributed by atoms with Gasteiger partial charge < -0.3 is 15.2 Å². The maximum atomic E-state index is 12.8. The fourth-order valence-corrected chi connectivity index (χ4v) is 2.94. The fraction of sp³-hybridized carbons (Fsp3) is 0.412. The highest BCUT2D eigenvalue weighted by molar-refractivity contribution is 5.94. The summed E-state index contributed by atoms with van der Waals surface area (Å²) in [6.45, 7) is 0.760. The van der Waals surface area contributed by atoms with Gasteiger partial charge in [0.15, 0.2) is 5.69 Å². The van der Waals surface area contributed by atoms with Crippen molar-refractivity contribution in [2.75, 3.05) is 13.2 Å². The van der Waals surface area contributed by atoms with E-state index in [2.05, 4.69) is 15.6 Å². The first-order valence-corrected chi connectivity index (χ1v) is 8.47. The van der Waals surface area contributed by atoms with Crippen LogP contribution in [0, 0.1) is 5.92 Å². The number of nitrogens with zero attached hydrogens (tertiary/aromatic N) is 3. The minimum absolute atomic E-state index is 0.0665. The summed E-state index contributed by atoms with van der Waals surface area (Å²) in [6, 6.07) is 3.22. The SMILES string of the molecule is O=C(NC(C(=O)O)C1CCCOC1)c1cn(-c2cccc(C(F)(F)F)c2)nn1. The molecule has 0 radical (unpaired) electrons. The molecule has 2 atom stereocenters. The Kier molecular flexibility index (Phi) is 5.63. The Bertz CT molecular complexity index is 862. The van der Waals surface area contributed by atoms with Crippen LogP contribution in [0.2, 0.25) is 0 Å². The molecule has 2 unspecified atom stereocenters. The molecule has 1 fully saturated rings. The van der Waals surface area contributed by atoms with Crippen molar-refractivity contribution >= 4 is 11.9 Å². The van der Waals surface area contributed by atoms with Gasteiger partial charge >= 0.3 is 12.1 Å². The van der Waals surface area contributed by atoms with Gasteiger partial charge in [0, 0.05) is 12.5 Å². The Hall–Kier alpha value is -2.95. The van der Waals surface area contributed by atoms with Crippen molar-refractivity contribution in [2.45, 2.75) is 25.1 Å². The first-order valence-electron chi connectivity index (χ1n) is 8.47. The van der Waals surface area contributed by atoms with E-state index in [1.807, 2.05) is 0 Å². The number of carboxylic acid groups (broad SMARTS) is 1. The third-order valence-electron chi connectivity index (χ3n) is 4.38. The average Bonchev–Trinajstić information content (AvgIpc) is 3.16. The molecule has 11 heteroatoms. The highest BCUT2D eigenvalue weighted by Gasteiger charge is 2.33. The molecule has 1 aromatic carbocycles. The van der Waals surface area contributed by atoms with Gasteiger partial charge in [-0.2, -0.15) is 13.2 Å². The van der Waals surface area contributed by atoms with Crippen molar-refractivity contribution < 1.29 is 32.6 Å². The molecule has 1 aliphatic rings. The lowest BCUT2D eigenvalue weighted by atomic mass is 9.93. The van der Waals surface area contributed by atoms with Crippen molar-refractivity contribution in [1.29, 1.82) is 0 Å². The molecular weight excluding hydrogens is 381 g/mol. The Balaban J connectivity index is 1.76. The van der Waals surface area contributed by atoms with Gasteiger partial charge in [-0.1, -0.05) is 11.3 Å². The molecule has 0 aliphatic carbocycles. The van der Waals surface area contributed by atoms with E-state index in [1.165, 1.54) is 12.1 Å². The van der Waals surface area contributed by atoms with Gasteiger partial charge in [0.05, 0.1) is 24.1 Å². The van der Waals surface area contributed by atoms with Crippen LogP contribution in [0.15, 0.2) is 30.5 Å². The Morgan fingerprint density at radius 1 is 1.36 bits per heavy atom. The predicted octanol–water partition coefficient (Wildman–Crippen LogP) is 1.90. The maximum absolute atomic E-state index is 12.8. The molecule has 150 valence electrons. The molecule has 28 heavy (non-hydrogen) atoms. The summed E-state index contributed by atoms with van der Waals surface area (Å²) in [6.07, 6.45) is -2.10. The van der Waals surface area contributed by atoms with Crippen LogP contribution < -0.4 is 5.32 Å². The number of hydrogen-bond donors (Lipinski definition) is 2. The summed E-state index contributed by atoms with van der Waals surface area (Å²) < 4.78 is 44.8. The van der Waals surface area contributed by atoms with E-state index in [9.17, 15) is 27.9 Å². The van der Waals surface area contributed by atoms with Gasteiger partial charge in [0.25, 0.3) is 5.91 Å². The molecule has 8 nitrogen and oxygen atoms in total. The van der Waals surface area contributed by atoms with Crippen LogP contribution in [0.5, 0.6) is 0 Å². The summed E-state index contributed by atoms with van der Waals surface area (Å²) in [7, 11) is 0. The Labute approximate surface area is 157 Å². The molecule has 0 bridgehead atoms. The number of hydrogen-bond acceptors (Lipinski definition) is 5. The van der Waals surface area contributed by atoms with Gasteiger partial charge in [0.1, 0.15) is 6.04 Å². The topological polar surface area (TPSA) is 106 Å². The van der Waals surface area contributed by atoms with Crippen LogP contribution in [0.4, 0.5) is 13.2 Å². The lowest BCUT2D eigenvalue weighted by Crippen LogP contribution is -2.48. The Morgan fingerprint density at radius 3 is 2.79 bits per heavy atom. The van der Waals surface area contributed by atoms with Crippen LogP contribution in [0.1, 0.15) is 28.9 Å². The predicted molar refractivity (Wildman–Crippen MR) is 88.8 cm³/mol. The second kappa shape index (κ2) is 7.97. The lowest BCUT2D eigenvalue weighted by molar-refractivity contribution is -0.142. The van der Waals surface area contributed by atoms with E-state index in [1.54, 1.807) is 0 Å². The third-order valence-corrected chi connectivity index (χ3v) is 4.38. The number of carbonyl (C=O) groups is 2. The van der Waals surface area contributed by atoms with Gasteiger partial charge in [-0.25, -0.2) is 9.48 Å². The first kappa shape index (κ1) is 19.8. The molecule has 2 aromatic rings. The zero-order chi connectivity index (χ0) is 20.3. The van der Waals surface area contributed by atoms with Crippen LogP contribution in [0.25, 0.3) is 5.69 Å². The van der Waals surface area contributed by atoms with Crippen molar-refractivity contribution in [3.63, 3.8) is 0 Å². The number of amides is 1. The molecule has 0 saturated carbocycles. The van der Waals surface area contributed by atoms with E-state index >= 15 is 0 Å². The second-order valence-corrected chi connectivity index (χ2v) is 6.36. The zero-order valence-electron chi connectivity index (χ0n) is 14.5. The van der Waals surface area contributed by atoms with Crippen LogP contribution >= 0.6 is 0 Å². The first-order chi connectivity index (χ1) is 13.3. The highest BCUT2D eigenvalue weighted by atomic mass is 19.4. The number of carbonyl (C=O) groups excluding carboxylic acids is 1. The smallest absolute Gasteiger partial charge is 0.416 e. The van der Waals surface area contributed by atoms with E-state index in [0.29, 0.717) is 19.4 Å². The lowest BCUT2D eigenvalue weighted by Gasteiger charge is -2.27. The second-order valence-electron chi connectivity index (χ2n) is 6.36. The van der Waals surface area contributed by atoms with E-state index in [4.69, 9.17) is 4.74 Å². The number of ether oxygens (including phenoxy) is 1. The number of carboxylic acids is 1. The molecule has 3 rings (SSSR count). The van der Waals surface area contributed by atoms with Crippen molar-refractivity contribution in [2.24, 2.45) is 5.92 Å². The summed E-state index contributed by atoms with van der Waals surface area (Å²) in [5.41, 5.74) is -1.01. The van der Waals surface area contributed by atoms with E-state index in [0.717, 1.165) is 23.0 Å². The van der Waals surface area contributed by atoms with Gasteiger partial charge in [-0.15, -0.1) is 5.10 Å². The van der Waals surface area contributed by atoms with Crippen molar-refractivity contribution in [3.05, 3.63) is 41.7 Å². The number of nitrogens with one attached hydrogen (secondary N) is 1. The molecule has 1 saturated heterocycles. The summed E-state index contributed by atoms with van der Waals surface area (Å²) in [5, 5.41) is 19.1. The molecule has 2 heterocycles. The monoisotopic (exact) mass is 398 g/mol. The molecule has 1 amide bonds. The van der Waals surface area contributed by atoms with Gasteiger partial charge in [-0.05, 0) is 31.0 Å². The minimum Gasteiger partial charge on any atom is -0.480 e. The van der Waals surface area contributed by atoms with Crippen molar-refractivity contribution in [3.8, 4) is 5.69 Å². The molecule has 2 N–H and O–H groups in total. The number of rotatable bonds is 5. The maximum Gasteiger partial charge on any atom is 0.416 e. The normalized spacial score (nSPS) is 18.5. The van der Waals surface area contributed by atoms with Gasteiger partial charge in [0.2, 0.25) is 0 Å². The summed E-state index contributed by atoms with van der Waals surface area (Å²) in [4.78, 5) is 23.9. The van der Waals surface area contributed by atoms with E-state index < -0.39 is 29.7 Å².